The van der Waals surface area contributed by atoms with E-state index in [1.54, 1.807) is 11.8 Å². The van der Waals surface area contributed by atoms with Crippen molar-refractivity contribution < 1.29 is 4.79 Å². The summed E-state index contributed by atoms with van der Waals surface area (Å²) in [5.74, 6) is 0.0260. The Morgan fingerprint density at radius 3 is 2.81 bits per heavy atom. The first-order chi connectivity index (χ1) is 9.54. The lowest BCUT2D eigenvalue weighted by Gasteiger charge is -2.39. The summed E-state index contributed by atoms with van der Waals surface area (Å²) in [7, 11) is 0. The molecule has 0 saturated carbocycles. The molecule has 118 valence electrons. The van der Waals surface area contributed by atoms with Crippen molar-refractivity contribution in [2.75, 3.05) is 19.3 Å². The van der Waals surface area contributed by atoms with Gasteiger partial charge in [0.15, 0.2) is 0 Å². The summed E-state index contributed by atoms with van der Waals surface area (Å²) >= 11 is 1.61. The summed E-state index contributed by atoms with van der Waals surface area (Å²) < 4.78 is 0. The summed E-state index contributed by atoms with van der Waals surface area (Å²) in [5, 5.41) is 6.61. The van der Waals surface area contributed by atoms with Crippen LogP contribution in [0.3, 0.4) is 0 Å². The van der Waals surface area contributed by atoms with E-state index in [2.05, 4.69) is 24.5 Å². The number of amides is 1. The third-order valence-corrected chi connectivity index (χ3v) is 4.95. The first-order valence-corrected chi connectivity index (χ1v) is 8.41. The number of halogens is 1. The molecule has 2 rings (SSSR count). The molecule has 1 saturated heterocycles. The Balaban J connectivity index is 0.00000220. The highest BCUT2D eigenvalue weighted by Gasteiger charge is 2.32. The van der Waals surface area contributed by atoms with Crippen molar-refractivity contribution in [2.45, 2.75) is 37.6 Å². The smallest absolute Gasteiger partial charge is 0.252 e. The third-order valence-electron chi connectivity index (χ3n) is 4.15. The van der Waals surface area contributed by atoms with Gasteiger partial charge >= 0.3 is 0 Å². The molecule has 1 heterocycles. The quantitative estimate of drug-likeness (QED) is 0.833. The maximum Gasteiger partial charge on any atom is 0.252 e. The van der Waals surface area contributed by atoms with E-state index in [0.717, 1.165) is 17.0 Å². The third kappa shape index (κ3) is 4.63. The molecule has 0 bridgehead atoms. The van der Waals surface area contributed by atoms with Crippen LogP contribution in [0.1, 0.15) is 37.0 Å². The van der Waals surface area contributed by atoms with Gasteiger partial charge in [-0.05, 0) is 43.2 Å². The monoisotopic (exact) mass is 328 g/mol. The molecule has 3 nitrogen and oxygen atoms in total. The molecule has 0 aliphatic carbocycles. The number of thioether (sulfide) groups is 1. The van der Waals surface area contributed by atoms with Crippen molar-refractivity contribution in [3.05, 3.63) is 29.8 Å². The van der Waals surface area contributed by atoms with Crippen LogP contribution in [0.25, 0.3) is 0 Å². The summed E-state index contributed by atoms with van der Waals surface area (Å²) in [5.41, 5.74) is 1.01. The van der Waals surface area contributed by atoms with Gasteiger partial charge in [0, 0.05) is 17.5 Å². The molecule has 1 aliphatic rings. The standard InChI is InChI=1S/C16H24N2OS.ClH/c1-16(2)9-6-10-17-14(16)11-18-15(19)12-7-4-5-8-13(12)20-3;/h4-5,7-8,14,17H,6,9-11H2,1-3H3,(H,18,19);1H. The zero-order valence-electron chi connectivity index (χ0n) is 12.9. The maximum atomic E-state index is 12.3. The zero-order valence-corrected chi connectivity index (χ0v) is 14.6. The van der Waals surface area contributed by atoms with E-state index in [1.165, 1.54) is 12.8 Å². The largest absolute Gasteiger partial charge is 0.350 e. The first-order valence-electron chi connectivity index (χ1n) is 7.19. The number of hydrogen-bond acceptors (Lipinski definition) is 3. The number of nitrogens with one attached hydrogen (secondary N) is 2. The molecular weight excluding hydrogens is 304 g/mol. The van der Waals surface area contributed by atoms with Gasteiger partial charge in [0.1, 0.15) is 0 Å². The van der Waals surface area contributed by atoms with Crippen LogP contribution in [0.15, 0.2) is 29.2 Å². The Hall–Kier alpha value is -0.710. The number of carbonyl (C=O) groups excluding carboxylic acids is 1. The highest BCUT2D eigenvalue weighted by atomic mass is 35.5. The van der Waals surface area contributed by atoms with E-state index < -0.39 is 0 Å². The van der Waals surface area contributed by atoms with Crippen molar-refractivity contribution in [3.8, 4) is 0 Å². The molecule has 1 aliphatic heterocycles. The van der Waals surface area contributed by atoms with Crippen molar-refractivity contribution in [1.82, 2.24) is 10.6 Å². The molecule has 1 aromatic rings. The van der Waals surface area contributed by atoms with Gasteiger partial charge in [-0.25, -0.2) is 0 Å². The second kappa shape index (κ2) is 8.06. The second-order valence-corrected chi connectivity index (χ2v) is 6.86. The van der Waals surface area contributed by atoms with Crippen LogP contribution in [-0.4, -0.2) is 31.3 Å². The summed E-state index contributed by atoms with van der Waals surface area (Å²) in [4.78, 5) is 13.4. The van der Waals surface area contributed by atoms with E-state index in [4.69, 9.17) is 0 Å². The van der Waals surface area contributed by atoms with E-state index in [0.29, 0.717) is 12.6 Å². The summed E-state index contributed by atoms with van der Waals surface area (Å²) in [6.45, 7) is 6.28. The Bertz CT molecular complexity index is 479. The predicted octanol–water partition coefficient (Wildman–Crippen LogP) is 3.34. The van der Waals surface area contributed by atoms with E-state index in [9.17, 15) is 4.79 Å². The van der Waals surface area contributed by atoms with Crippen molar-refractivity contribution in [1.29, 1.82) is 0 Å². The Kier molecular flexibility index (Phi) is 7.04. The zero-order chi connectivity index (χ0) is 14.6. The maximum absolute atomic E-state index is 12.3. The van der Waals surface area contributed by atoms with Crippen LogP contribution in [0.5, 0.6) is 0 Å². The molecule has 0 radical (unpaired) electrons. The number of rotatable bonds is 4. The van der Waals surface area contributed by atoms with Crippen LogP contribution in [-0.2, 0) is 0 Å². The molecule has 0 spiro atoms. The van der Waals surface area contributed by atoms with Crippen LogP contribution < -0.4 is 10.6 Å². The normalized spacial score (nSPS) is 20.4. The average Bonchev–Trinajstić information content (AvgIpc) is 2.45. The van der Waals surface area contributed by atoms with Gasteiger partial charge in [-0.15, -0.1) is 24.2 Å². The average molecular weight is 329 g/mol. The SMILES string of the molecule is CSc1ccccc1C(=O)NCC1NCCCC1(C)C.Cl. The van der Waals surface area contributed by atoms with Crippen molar-refractivity contribution in [2.24, 2.45) is 5.41 Å². The molecule has 1 unspecified atom stereocenters. The fourth-order valence-electron chi connectivity index (χ4n) is 2.74. The lowest BCUT2D eigenvalue weighted by atomic mass is 9.77. The first kappa shape index (κ1) is 18.3. The minimum absolute atomic E-state index is 0. The molecule has 1 aromatic carbocycles. The molecular formula is C16H25ClN2OS. The summed E-state index contributed by atoms with van der Waals surface area (Å²) in [6.07, 6.45) is 4.42. The van der Waals surface area contributed by atoms with Gasteiger partial charge in [-0.2, -0.15) is 0 Å². The molecule has 0 aromatic heterocycles. The van der Waals surface area contributed by atoms with Crippen molar-refractivity contribution in [3.63, 3.8) is 0 Å². The number of piperidine rings is 1. The van der Waals surface area contributed by atoms with Gasteiger partial charge in [0.05, 0.1) is 5.56 Å². The number of hydrogen-bond donors (Lipinski definition) is 2. The van der Waals surface area contributed by atoms with Crippen LogP contribution in [0, 0.1) is 5.41 Å². The predicted molar refractivity (Wildman–Crippen MR) is 92.6 cm³/mol. The molecule has 2 N–H and O–H groups in total. The van der Waals surface area contributed by atoms with Crippen LogP contribution >= 0.6 is 24.2 Å². The van der Waals surface area contributed by atoms with Gasteiger partial charge in [-0.3, -0.25) is 4.79 Å². The highest BCUT2D eigenvalue weighted by Crippen LogP contribution is 2.29. The van der Waals surface area contributed by atoms with E-state index in [1.807, 2.05) is 30.5 Å². The van der Waals surface area contributed by atoms with Gasteiger partial charge < -0.3 is 10.6 Å². The number of carbonyl (C=O) groups is 1. The molecule has 1 amide bonds. The lowest BCUT2D eigenvalue weighted by molar-refractivity contribution is 0.0926. The molecule has 1 fully saturated rings. The van der Waals surface area contributed by atoms with E-state index in [-0.39, 0.29) is 23.7 Å². The Morgan fingerprint density at radius 2 is 2.14 bits per heavy atom. The molecule has 21 heavy (non-hydrogen) atoms. The van der Waals surface area contributed by atoms with Gasteiger partial charge in [-0.1, -0.05) is 26.0 Å². The Labute approximate surface area is 138 Å². The minimum Gasteiger partial charge on any atom is -0.350 e. The molecule has 5 heteroatoms. The lowest BCUT2D eigenvalue weighted by Crippen LogP contribution is -2.52. The molecule has 1 atom stereocenters. The number of benzene rings is 1. The van der Waals surface area contributed by atoms with Crippen LogP contribution in [0.4, 0.5) is 0 Å². The fourth-order valence-corrected chi connectivity index (χ4v) is 3.34. The highest BCUT2D eigenvalue weighted by molar-refractivity contribution is 7.98. The second-order valence-electron chi connectivity index (χ2n) is 6.01. The van der Waals surface area contributed by atoms with Crippen molar-refractivity contribution >= 4 is 30.1 Å². The minimum atomic E-state index is 0. The summed E-state index contributed by atoms with van der Waals surface area (Å²) in [6, 6.07) is 8.11. The Morgan fingerprint density at radius 1 is 1.43 bits per heavy atom. The topological polar surface area (TPSA) is 41.1 Å². The van der Waals surface area contributed by atoms with Gasteiger partial charge in [0.25, 0.3) is 5.91 Å². The van der Waals surface area contributed by atoms with Crippen LogP contribution in [0.2, 0.25) is 0 Å². The van der Waals surface area contributed by atoms with Gasteiger partial charge in [0.2, 0.25) is 0 Å². The van der Waals surface area contributed by atoms with E-state index >= 15 is 0 Å². The fraction of sp³-hybridized carbons (Fsp3) is 0.562.